The molecule has 2 N–H and O–H groups in total. The van der Waals surface area contributed by atoms with Crippen LogP contribution in [0.25, 0.3) is 22.3 Å². The van der Waals surface area contributed by atoms with Crippen LogP contribution < -0.4 is 4.74 Å². The molecule has 3 aromatic carbocycles. The third-order valence-corrected chi connectivity index (χ3v) is 4.38. The molecule has 4 aromatic rings. The third kappa shape index (κ3) is 3.00. The molecule has 0 unspecified atom stereocenters. The quantitative estimate of drug-likeness (QED) is 0.513. The Morgan fingerprint density at radius 1 is 0.889 bits per heavy atom. The molecule has 0 saturated carbocycles. The van der Waals surface area contributed by atoms with E-state index in [1.54, 1.807) is 49.6 Å². The number of methoxy groups -OCH3 is 1. The van der Waals surface area contributed by atoms with Crippen molar-refractivity contribution >= 4 is 16.8 Å². The summed E-state index contributed by atoms with van der Waals surface area (Å²) in [6, 6.07) is 17.8. The monoisotopic (exact) mass is 360 g/mol. The van der Waals surface area contributed by atoms with Crippen molar-refractivity contribution < 1.29 is 24.2 Å². The lowest BCUT2D eigenvalue weighted by molar-refractivity contribution is 0.104. The molecule has 0 aliphatic rings. The summed E-state index contributed by atoms with van der Waals surface area (Å²) >= 11 is 0. The number of phenolic OH excluding ortho intramolecular Hbond substituents is 2. The fourth-order valence-electron chi connectivity index (χ4n) is 3.00. The van der Waals surface area contributed by atoms with Crippen LogP contribution in [-0.4, -0.2) is 23.1 Å². The largest absolute Gasteiger partial charge is 0.508 e. The molecule has 134 valence electrons. The number of fused-ring (bicyclic) bond motifs is 1. The molecule has 0 aliphatic carbocycles. The normalized spacial score (nSPS) is 10.9. The second kappa shape index (κ2) is 6.53. The summed E-state index contributed by atoms with van der Waals surface area (Å²) in [6.45, 7) is 0. The van der Waals surface area contributed by atoms with Gasteiger partial charge in [0.1, 0.15) is 28.6 Å². The van der Waals surface area contributed by atoms with Crippen molar-refractivity contribution in [2.45, 2.75) is 0 Å². The molecule has 4 rings (SSSR count). The Hall–Kier alpha value is -3.73. The molecule has 0 atom stereocenters. The average molecular weight is 360 g/mol. The summed E-state index contributed by atoms with van der Waals surface area (Å²) in [6.07, 6.45) is 0. The van der Waals surface area contributed by atoms with E-state index in [1.165, 1.54) is 24.3 Å². The van der Waals surface area contributed by atoms with Crippen LogP contribution >= 0.6 is 0 Å². The average Bonchev–Trinajstić information content (AvgIpc) is 3.07. The predicted octanol–water partition coefficient (Wildman–Crippen LogP) is 4.75. The van der Waals surface area contributed by atoms with Gasteiger partial charge in [-0.2, -0.15) is 0 Å². The zero-order chi connectivity index (χ0) is 19.0. The number of carbonyl (C=O) groups excluding carboxylic acids is 1. The Bertz CT molecular complexity index is 1120. The van der Waals surface area contributed by atoms with E-state index in [9.17, 15) is 15.0 Å². The Morgan fingerprint density at radius 2 is 1.52 bits per heavy atom. The Kier molecular flexibility index (Phi) is 4.05. The zero-order valence-corrected chi connectivity index (χ0v) is 14.5. The lowest BCUT2D eigenvalue weighted by Crippen LogP contribution is -2.02. The fourth-order valence-corrected chi connectivity index (χ4v) is 3.00. The molecule has 5 heteroatoms. The first-order chi connectivity index (χ1) is 13.1. The van der Waals surface area contributed by atoms with Crippen molar-refractivity contribution in [1.29, 1.82) is 0 Å². The smallest absolute Gasteiger partial charge is 0.197 e. The molecule has 0 fully saturated rings. The zero-order valence-electron chi connectivity index (χ0n) is 14.5. The van der Waals surface area contributed by atoms with Gasteiger partial charge in [0.2, 0.25) is 0 Å². The molecule has 0 aliphatic heterocycles. The van der Waals surface area contributed by atoms with E-state index >= 15 is 0 Å². The van der Waals surface area contributed by atoms with E-state index in [2.05, 4.69) is 0 Å². The molecule has 27 heavy (non-hydrogen) atoms. The molecule has 1 aromatic heterocycles. The lowest BCUT2D eigenvalue weighted by atomic mass is 9.97. The van der Waals surface area contributed by atoms with Gasteiger partial charge in [0.25, 0.3) is 0 Å². The van der Waals surface area contributed by atoms with E-state index < -0.39 is 0 Å². The van der Waals surface area contributed by atoms with Gasteiger partial charge in [0.05, 0.1) is 12.7 Å². The van der Waals surface area contributed by atoms with Crippen molar-refractivity contribution in [3.63, 3.8) is 0 Å². The van der Waals surface area contributed by atoms with Gasteiger partial charge in [0, 0.05) is 22.6 Å². The highest BCUT2D eigenvalue weighted by Gasteiger charge is 2.23. The van der Waals surface area contributed by atoms with Gasteiger partial charge in [-0.3, -0.25) is 4.79 Å². The maximum absolute atomic E-state index is 13.2. The SMILES string of the molecule is COc1ccc2c(C(=O)c3ccc(O)cc3)c(-c3ccc(O)cc3)oc2c1. The molecule has 0 amide bonds. The molecule has 0 radical (unpaired) electrons. The first kappa shape index (κ1) is 16.7. The Labute approximate surface area is 155 Å². The molecule has 0 bridgehead atoms. The third-order valence-electron chi connectivity index (χ3n) is 4.38. The van der Waals surface area contributed by atoms with Gasteiger partial charge in [0.15, 0.2) is 5.78 Å². The highest BCUT2D eigenvalue weighted by molar-refractivity contribution is 6.19. The van der Waals surface area contributed by atoms with E-state index in [4.69, 9.17) is 9.15 Å². The van der Waals surface area contributed by atoms with E-state index in [-0.39, 0.29) is 17.3 Å². The number of ether oxygens (including phenoxy) is 1. The van der Waals surface area contributed by atoms with Crippen LogP contribution in [0.2, 0.25) is 0 Å². The maximum Gasteiger partial charge on any atom is 0.197 e. The van der Waals surface area contributed by atoms with Crippen LogP contribution in [0.5, 0.6) is 17.2 Å². The number of hydrogen-bond donors (Lipinski definition) is 2. The van der Waals surface area contributed by atoms with Crippen molar-refractivity contribution in [3.8, 4) is 28.6 Å². The van der Waals surface area contributed by atoms with Crippen LogP contribution in [0.1, 0.15) is 15.9 Å². The van der Waals surface area contributed by atoms with Crippen molar-refractivity contribution in [1.82, 2.24) is 0 Å². The number of furan rings is 1. The van der Waals surface area contributed by atoms with Gasteiger partial charge in [-0.1, -0.05) is 0 Å². The fraction of sp³-hybridized carbons (Fsp3) is 0.0455. The predicted molar refractivity (Wildman–Crippen MR) is 101 cm³/mol. The summed E-state index contributed by atoms with van der Waals surface area (Å²) in [5.41, 5.74) is 2.06. The van der Waals surface area contributed by atoms with Gasteiger partial charge in [-0.05, 0) is 60.7 Å². The summed E-state index contributed by atoms with van der Waals surface area (Å²) in [5.74, 6) is 1.03. The molecule has 0 saturated heterocycles. The van der Waals surface area contributed by atoms with Gasteiger partial charge in [-0.25, -0.2) is 0 Å². The number of rotatable bonds is 4. The summed E-state index contributed by atoms with van der Waals surface area (Å²) in [7, 11) is 1.56. The second-order valence-corrected chi connectivity index (χ2v) is 6.09. The number of hydrogen-bond acceptors (Lipinski definition) is 5. The number of carbonyl (C=O) groups is 1. The molecule has 0 spiro atoms. The van der Waals surface area contributed by atoms with Crippen LogP contribution in [0.15, 0.2) is 71.1 Å². The Balaban J connectivity index is 1.95. The van der Waals surface area contributed by atoms with Gasteiger partial charge < -0.3 is 19.4 Å². The number of aromatic hydroxyl groups is 2. The van der Waals surface area contributed by atoms with Crippen LogP contribution in [-0.2, 0) is 0 Å². The van der Waals surface area contributed by atoms with Gasteiger partial charge >= 0.3 is 0 Å². The summed E-state index contributed by atoms with van der Waals surface area (Å²) < 4.78 is 11.2. The minimum absolute atomic E-state index is 0.0899. The van der Waals surface area contributed by atoms with Crippen molar-refractivity contribution in [2.75, 3.05) is 7.11 Å². The highest BCUT2D eigenvalue weighted by atomic mass is 16.5. The standard InChI is InChI=1S/C22H16O5/c1-26-17-10-11-18-19(12-17)27-22(14-4-8-16(24)9-5-14)20(18)21(25)13-2-6-15(23)7-3-13/h2-12,23-24H,1H3. The first-order valence-corrected chi connectivity index (χ1v) is 8.30. The van der Waals surface area contributed by atoms with Crippen LogP contribution in [0.4, 0.5) is 0 Å². The number of ketones is 1. The first-order valence-electron chi connectivity index (χ1n) is 8.30. The highest BCUT2D eigenvalue weighted by Crippen LogP contribution is 2.37. The number of phenols is 2. The lowest BCUT2D eigenvalue weighted by Gasteiger charge is -2.04. The van der Waals surface area contributed by atoms with E-state index in [0.29, 0.717) is 39.2 Å². The minimum Gasteiger partial charge on any atom is -0.508 e. The van der Waals surface area contributed by atoms with Crippen molar-refractivity contribution in [2.24, 2.45) is 0 Å². The number of benzene rings is 3. The summed E-state index contributed by atoms with van der Waals surface area (Å²) in [4.78, 5) is 13.2. The molecule has 5 nitrogen and oxygen atoms in total. The van der Waals surface area contributed by atoms with Crippen molar-refractivity contribution in [3.05, 3.63) is 77.9 Å². The minimum atomic E-state index is -0.220. The molecular weight excluding hydrogens is 344 g/mol. The van der Waals surface area contributed by atoms with Gasteiger partial charge in [-0.15, -0.1) is 0 Å². The van der Waals surface area contributed by atoms with Crippen LogP contribution in [0, 0.1) is 0 Å². The maximum atomic E-state index is 13.2. The topological polar surface area (TPSA) is 79.9 Å². The van der Waals surface area contributed by atoms with E-state index in [0.717, 1.165) is 0 Å². The van der Waals surface area contributed by atoms with E-state index in [1.807, 2.05) is 0 Å². The summed E-state index contributed by atoms with van der Waals surface area (Å²) in [5, 5.41) is 19.7. The molecule has 1 heterocycles. The Morgan fingerprint density at radius 3 is 2.15 bits per heavy atom. The van der Waals surface area contributed by atoms with Crippen LogP contribution in [0.3, 0.4) is 0 Å². The second-order valence-electron chi connectivity index (χ2n) is 6.09. The molecular formula is C22H16O5.